The van der Waals surface area contributed by atoms with E-state index in [0.29, 0.717) is 28.4 Å². The molecule has 2 heterocycles. The highest BCUT2D eigenvalue weighted by molar-refractivity contribution is 6.51. The molecule has 0 spiro atoms. The van der Waals surface area contributed by atoms with Crippen molar-refractivity contribution in [2.45, 2.75) is 32.9 Å². The number of Topliss-reactive ketones (excluding diaryl/α,β-unsaturated/α-hetero) is 1. The van der Waals surface area contributed by atoms with Gasteiger partial charge < -0.3 is 19.6 Å². The van der Waals surface area contributed by atoms with Gasteiger partial charge in [-0.05, 0) is 62.4 Å². The van der Waals surface area contributed by atoms with Gasteiger partial charge in [-0.2, -0.15) is 0 Å². The van der Waals surface area contributed by atoms with E-state index < -0.39 is 17.7 Å². The lowest BCUT2D eigenvalue weighted by atomic mass is 9.99. The van der Waals surface area contributed by atoms with Crippen molar-refractivity contribution in [3.05, 3.63) is 83.8 Å². The number of anilines is 2. The van der Waals surface area contributed by atoms with Crippen LogP contribution in [0.1, 0.15) is 38.1 Å². The van der Waals surface area contributed by atoms with Crippen LogP contribution >= 0.6 is 0 Å². The SMILES string of the molecule is CC(=O)Nc1ccc(N2C(=O)C(=O)/C(=C(\O)c3cccc(OC(C)C)c3)C2c2ccco2)cc1. The predicted octanol–water partition coefficient (Wildman–Crippen LogP) is 4.65. The average molecular weight is 460 g/mol. The van der Waals surface area contributed by atoms with Gasteiger partial charge in [0.15, 0.2) is 0 Å². The van der Waals surface area contributed by atoms with E-state index in [1.165, 1.54) is 18.1 Å². The number of carbonyl (C=O) groups is 3. The number of carbonyl (C=O) groups excluding carboxylic acids is 3. The summed E-state index contributed by atoms with van der Waals surface area (Å²) in [6, 6.07) is 15.5. The number of aliphatic hydroxyl groups excluding tert-OH is 1. The Balaban J connectivity index is 1.81. The summed E-state index contributed by atoms with van der Waals surface area (Å²) in [5.41, 5.74) is 1.21. The lowest BCUT2D eigenvalue weighted by Crippen LogP contribution is -2.29. The summed E-state index contributed by atoms with van der Waals surface area (Å²) in [5.74, 6) is -1.35. The Kier molecular flexibility index (Phi) is 6.23. The van der Waals surface area contributed by atoms with Gasteiger partial charge in [0.2, 0.25) is 5.91 Å². The summed E-state index contributed by atoms with van der Waals surface area (Å²) in [7, 11) is 0. The van der Waals surface area contributed by atoms with Crippen molar-refractivity contribution in [2.24, 2.45) is 0 Å². The molecule has 34 heavy (non-hydrogen) atoms. The first-order valence-electron chi connectivity index (χ1n) is 10.8. The molecule has 8 heteroatoms. The van der Waals surface area contributed by atoms with E-state index >= 15 is 0 Å². The first kappa shape index (κ1) is 22.8. The van der Waals surface area contributed by atoms with Gasteiger partial charge in [0.25, 0.3) is 11.7 Å². The van der Waals surface area contributed by atoms with Gasteiger partial charge in [-0.25, -0.2) is 0 Å². The number of ketones is 1. The fourth-order valence-electron chi connectivity index (χ4n) is 3.87. The number of ether oxygens (including phenoxy) is 1. The molecule has 174 valence electrons. The number of nitrogens with zero attached hydrogens (tertiary/aromatic N) is 1. The molecule has 0 saturated carbocycles. The van der Waals surface area contributed by atoms with Crippen molar-refractivity contribution >= 4 is 34.7 Å². The van der Waals surface area contributed by atoms with Crippen LogP contribution < -0.4 is 15.0 Å². The molecule has 4 rings (SSSR count). The van der Waals surface area contributed by atoms with Crippen LogP contribution in [0.2, 0.25) is 0 Å². The van der Waals surface area contributed by atoms with Crippen LogP contribution in [0.3, 0.4) is 0 Å². The molecule has 0 bridgehead atoms. The van der Waals surface area contributed by atoms with Gasteiger partial charge in [0.05, 0.1) is 17.9 Å². The molecular weight excluding hydrogens is 436 g/mol. The van der Waals surface area contributed by atoms with Gasteiger partial charge >= 0.3 is 0 Å². The fourth-order valence-corrected chi connectivity index (χ4v) is 3.87. The molecule has 2 aromatic carbocycles. The molecule has 1 fully saturated rings. The maximum Gasteiger partial charge on any atom is 0.300 e. The van der Waals surface area contributed by atoms with Crippen LogP contribution in [0.5, 0.6) is 5.75 Å². The van der Waals surface area contributed by atoms with Crippen molar-refractivity contribution in [1.82, 2.24) is 0 Å². The first-order chi connectivity index (χ1) is 16.3. The molecule has 1 aliphatic heterocycles. The first-order valence-corrected chi connectivity index (χ1v) is 10.8. The Hall–Kier alpha value is -4.33. The van der Waals surface area contributed by atoms with E-state index in [4.69, 9.17) is 9.15 Å². The molecule has 8 nitrogen and oxygen atoms in total. The predicted molar refractivity (Wildman–Crippen MR) is 126 cm³/mol. The van der Waals surface area contributed by atoms with E-state index in [1.807, 2.05) is 13.8 Å². The molecule has 2 amide bonds. The number of rotatable bonds is 6. The zero-order chi connectivity index (χ0) is 24.4. The third kappa shape index (κ3) is 4.43. The number of furan rings is 1. The minimum atomic E-state index is -0.976. The van der Waals surface area contributed by atoms with Crippen molar-refractivity contribution in [1.29, 1.82) is 0 Å². The van der Waals surface area contributed by atoms with E-state index in [9.17, 15) is 19.5 Å². The van der Waals surface area contributed by atoms with Gasteiger partial charge in [-0.15, -0.1) is 0 Å². The Labute approximate surface area is 196 Å². The smallest absolute Gasteiger partial charge is 0.300 e. The minimum Gasteiger partial charge on any atom is -0.507 e. The van der Waals surface area contributed by atoms with E-state index in [2.05, 4.69) is 5.32 Å². The topological polar surface area (TPSA) is 109 Å². The number of hydrogen-bond donors (Lipinski definition) is 2. The van der Waals surface area contributed by atoms with Crippen molar-refractivity contribution < 1.29 is 28.6 Å². The molecule has 3 aromatic rings. The van der Waals surface area contributed by atoms with Gasteiger partial charge in [0, 0.05) is 23.9 Å². The third-order valence-corrected chi connectivity index (χ3v) is 5.20. The molecule has 2 N–H and O–H groups in total. The number of amides is 2. The third-order valence-electron chi connectivity index (χ3n) is 5.20. The minimum absolute atomic E-state index is 0.0773. The van der Waals surface area contributed by atoms with Crippen LogP contribution in [0, 0.1) is 0 Å². The quantitative estimate of drug-likeness (QED) is 0.315. The Morgan fingerprint density at radius 1 is 1.09 bits per heavy atom. The Morgan fingerprint density at radius 3 is 2.44 bits per heavy atom. The van der Waals surface area contributed by atoms with Crippen molar-refractivity contribution in [2.75, 3.05) is 10.2 Å². The highest BCUT2D eigenvalue weighted by atomic mass is 16.5. The standard InChI is InChI=1S/C26H24N2O6/c1-15(2)34-20-7-4-6-17(14-20)24(30)22-23(21-8-5-13-33-21)28(26(32)25(22)31)19-11-9-18(10-12-19)27-16(3)29/h4-15,23,30H,1-3H3,(H,27,29)/b24-22-. The Bertz CT molecular complexity index is 1260. The van der Waals surface area contributed by atoms with Crippen LogP contribution in [0.25, 0.3) is 5.76 Å². The van der Waals surface area contributed by atoms with Crippen LogP contribution in [-0.4, -0.2) is 28.8 Å². The van der Waals surface area contributed by atoms with Gasteiger partial charge in [0.1, 0.15) is 23.3 Å². The highest BCUT2D eigenvalue weighted by Gasteiger charge is 2.48. The summed E-state index contributed by atoms with van der Waals surface area (Å²) in [5, 5.41) is 13.8. The molecule has 1 aliphatic rings. The summed E-state index contributed by atoms with van der Waals surface area (Å²) in [6.07, 6.45) is 1.36. The maximum atomic E-state index is 13.1. The van der Waals surface area contributed by atoms with Crippen molar-refractivity contribution in [3.63, 3.8) is 0 Å². The second-order valence-electron chi connectivity index (χ2n) is 8.11. The summed E-state index contributed by atoms with van der Waals surface area (Å²) >= 11 is 0. The molecular formula is C26H24N2O6. The maximum absolute atomic E-state index is 13.1. The molecule has 1 unspecified atom stereocenters. The average Bonchev–Trinajstić information content (AvgIpc) is 3.40. The van der Waals surface area contributed by atoms with E-state index in [-0.39, 0.29) is 23.3 Å². The number of hydrogen-bond acceptors (Lipinski definition) is 6. The van der Waals surface area contributed by atoms with Gasteiger partial charge in [-0.3, -0.25) is 19.3 Å². The van der Waals surface area contributed by atoms with Crippen LogP contribution in [0.15, 0.2) is 76.9 Å². The number of benzene rings is 2. The fraction of sp³-hybridized carbons (Fsp3) is 0.192. The van der Waals surface area contributed by atoms with E-state index in [1.54, 1.807) is 60.7 Å². The highest BCUT2D eigenvalue weighted by Crippen LogP contribution is 2.42. The number of nitrogens with one attached hydrogen (secondary N) is 1. The summed E-state index contributed by atoms with van der Waals surface area (Å²) < 4.78 is 11.3. The largest absolute Gasteiger partial charge is 0.507 e. The van der Waals surface area contributed by atoms with Crippen LogP contribution in [-0.2, 0) is 14.4 Å². The summed E-state index contributed by atoms with van der Waals surface area (Å²) in [6.45, 7) is 5.16. The van der Waals surface area contributed by atoms with Gasteiger partial charge in [-0.1, -0.05) is 12.1 Å². The monoisotopic (exact) mass is 460 g/mol. The molecule has 0 radical (unpaired) electrons. The second-order valence-corrected chi connectivity index (χ2v) is 8.11. The molecule has 0 aliphatic carbocycles. The molecule has 1 atom stereocenters. The zero-order valence-electron chi connectivity index (χ0n) is 18.9. The van der Waals surface area contributed by atoms with Crippen molar-refractivity contribution in [3.8, 4) is 5.75 Å². The normalized spacial score (nSPS) is 17.3. The second kappa shape index (κ2) is 9.27. The molecule has 1 aromatic heterocycles. The Morgan fingerprint density at radius 2 is 1.82 bits per heavy atom. The lowest BCUT2D eigenvalue weighted by molar-refractivity contribution is -0.132. The summed E-state index contributed by atoms with van der Waals surface area (Å²) in [4.78, 5) is 38.9. The zero-order valence-corrected chi connectivity index (χ0v) is 18.9. The van der Waals surface area contributed by atoms with Crippen LogP contribution in [0.4, 0.5) is 11.4 Å². The molecule has 1 saturated heterocycles. The van der Waals surface area contributed by atoms with E-state index in [0.717, 1.165) is 0 Å². The lowest BCUT2D eigenvalue weighted by Gasteiger charge is -2.23. The number of aliphatic hydroxyl groups is 1.